The summed E-state index contributed by atoms with van der Waals surface area (Å²) in [6.45, 7) is 8.88. The number of carbonyl (C=O) groups excluding carboxylic acids is 1. The van der Waals surface area contributed by atoms with Crippen molar-refractivity contribution in [3.05, 3.63) is 90.0 Å². The Labute approximate surface area is 229 Å². The van der Waals surface area contributed by atoms with E-state index < -0.39 is 17.2 Å². The van der Waals surface area contributed by atoms with Crippen molar-refractivity contribution in [3.63, 3.8) is 0 Å². The van der Waals surface area contributed by atoms with Crippen molar-refractivity contribution in [2.24, 2.45) is 0 Å². The minimum atomic E-state index is -4.33. The summed E-state index contributed by atoms with van der Waals surface area (Å²) >= 11 is 0. The second-order valence-corrected chi connectivity index (χ2v) is 10.4. The maximum atomic E-state index is 13.0. The minimum Gasteiger partial charge on any atom is -0.465 e. The molecule has 0 aromatic heterocycles. The molecule has 0 N–H and O–H groups in total. The summed E-state index contributed by atoms with van der Waals surface area (Å²) in [7, 11) is 0. The number of benzene rings is 3. The van der Waals surface area contributed by atoms with Crippen LogP contribution in [-0.2, 0) is 21.1 Å². The molecule has 1 aliphatic rings. The third-order valence-corrected chi connectivity index (χ3v) is 7.58. The van der Waals surface area contributed by atoms with Crippen LogP contribution in [0, 0.1) is 0 Å². The lowest BCUT2D eigenvalue weighted by Gasteiger charge is -2.37. The summed E-state index contributed by atoms with van der Waals surface area (Å²) in [5, 5.41) is 0. The second-order valence-electron chi connectivity index (χ2n) is 10.4. The first-order valence-electron chi connectivity index (χ1n) is 13.7. The summed E-state index contributed by atoms with van der Waals surface area (Å²) in [4.78, 5) is 17.8. The van der Waals surface area contributed by atoms with Crippen molar-refractivity contribution >= 4 is 11.7 Å². The highest BCUT2D eigenvalue weighted by Gasteiger charge is 2.36. The van der Waals surface area contributed by atoms with Gasteiger partial charge in [-0.3, -0.25) is 9.69 Å². The quantitative estimate of drug-likeness (QED) is 0.256. The van der Waals surface area contributed by atoms with Crippen LogP contribution in [0.15, 0.2) is 78.9 Å². The fourth-order valence-electron chi connectivity index (χ4n) is 5.14. The molecule has 39 heavy (non-hydrogen) atoms. The Morgan fingerprint density at radius 1 is 0.846 bits per heavy atom. The molecule has 4 rings (SSSR count). The monoisotopic (exact) mass is 538 g/mol. The molecule has 0 radical (unpaired) electrons. The number of hydrogen-bond acceptors (Lipinski definition) is 4. The van der Waals surface area contributed by atoms with Crippen LogP contribution in [0.4, 0.5) is 18.9 Å². The summed E-state index contributed by atoms with van der Waals surface area (Å²) in [5.41, 5.74) is 2.42. The minimum absolute atomic E-state index is 0.159. The van der Waals surface area contributed by atoms with E-state index in [0.717, 1.165) is 86.5 Å². The summed E-state index contributed by atoms with van der Waals surface area (Å²) < 4.78 is 44.3. The fraction of sp³-hybridized carbons (Fsp3) is 0.406. The second kappa shape index (κ2) is 12.7. The molecule has 1 heterocycles. The Morgan fingerprint density at radius 2 is 1.54 bits per heavy atom. The van der Waals surface area contributed by atoms with Gasteiger partial charge < -0.3 is 9.64 Å². The highest BCUT2D eigenvalue weighted by atomic mass is 19.4. The lowest BCUT2D eigenvalue weighted by molar-refractivity contribution is -0.150. The lowest BCUT2D eigenvalue weighted by Crippen LogP contribution is -2.47. The number of esters is 1. The van der Waals surface area contributed by atoms with Crippen LogP contribution in [0.5, 0.6) is 0 Å². The van der Waals surface area contributed by atoms with Gasteiger partial charge in [0.15, 0.2) is 0 Å². The first-order valence-corrected chi connectivity index (χ1v) is 13.7. The van der Waals surface area contributed by atoms with Crippen LogP contribution >= 0.6 is 0 Å². The van der Waals surface area contributed by atoms with Crippen molar-refractivity contribution in [1.82, 2.24) is 4.90 Å². The predicted molar refractivity (Wildman–Crippen MR) is 150 cm³/mol. The molecular weight excluding hydrogens is 501 g/mol. The first-order chi connectivity index (χ1) is 18.7. The number of nitrogens with zero attached hydrogens (tertiary/aromatic N) is 2. The van der Waals surface area contributed by atoms with E-state index >= 15 is 0 Å². The van der Waals surface area contributed by atoms with Crippen LogP contribution in [-0.4, -0.2) is 50.2 Å². The van der Waals surface area contributed by atoms with E-state index in [1.165, 1.54) is 12.1 Å². The van der Waals surface area contributed by atoms with E-state index in [0.29, 0.717) is 6.61 Å². The van der Waals surface area contributed by atoms with Crippen molar-refractivity contribution < 1.29 is 22.7 Å². The standard InChI is InChI=1S/C32H37F3N2O2/c1-3-23-39-30(38)31(2,27-10-5-4-6-11-27)17-8-18-36-19-21-37(22-20-36)29-12-7-9-26(24-29)25-13-15-28(16-14-25)32(33,34)35/h4-7,9-16,24H,3,8,17-23H2,1-2H3. The maximum absolute atomic E-state index is 13.0. The van der Waals surface area contributed by atoms with Gasteiger partial charge in [0.2, 0.25) is 0 Å². The zero-order valence-corrected chi connectivity index (χ0v) is 22.7. The molecule has 0 bridgehead atoms. The Balaban J connectivity index is 1.32. The lowest BCUT2D eigenvalue weighted by atomic mass is 9.78. The van der Waals surface area contributed by atoms with Gasteiger partial charge in [-0.15, -0.1) is 0 Å². The van der Waals surface area contributed by atoms with Crippen LogP contribution in [0.3, 0.4) is 0 Å². The number of carbonyl (C=O) groups is 1. The Kier molecular flexibility index (Phi) is 9.33. The van der Waals surface area contributed by atoms with Crippen molar-refractivity contribution in [1.29, 1.82) is 0 Å². The van der Waals surface area contributed by atoms with Crippen LogP contribution in [0.25, 0.3) is 11.1 Å². The molecule has 1 unspecified atom stereocenters. The molecule has 0 amide bonds. The van der Waals surface area contributed by atoms with E-state index in [-0.39, 0.29) is 5.97 Å². The van der Waals surface area contributed by atoms with E-state index in [1.807, 2.05) is 62.4 Å². The van der Waals surface area contributed by atoms with Crippen molar-refractivity contribution in [2.45, 2.75) is 44.7 Å². The largest absolute Gasteiger partial charge is 0.465 e. The molecule has 1 saturated heterocycles. The van der Waals surface area contributed by atoms with Gasteiger partial charge >= 0.3 is 12.1 Å². The molecule has 1 atom stereocenters. The SMILES string of the molecule is CCCOC(=O)C(C)(CCCN1CCN(c2cccc(-c3ccc(C(F)(F)F)cc3)c2)CC1)c1ccccc1. The third-order valence-electron chi connectivity index (χ3n) is 7.58. The van der Waals surface area contributed by atoms with Crippen molar-refractivity contribution in [3.8, 4) is 11.1 Å². The third kappa shape index (κ3) is 7.21. The van der Waals surface area contributed by atoms with Gasteiger partial charge in [0.05, 0.1) is 17.6 Å². The van der Waals surface area contributed by atoms with Gasteiger partial charge in [-0.2, -0.15) is 13.2 Å². The van der Waals surface area contributed by atoms with Crippen LogP contribution in [0.2, 0.25) is 0 Å². The number of halogens is 3. The smallest absolute Gasteiger partial charge is 0.416 e. The number of hydrogen-bond donors (Lipinski definition) is 0. The summed E-state index contributed by atoms with van der Waals surface area (Å²) in [5.74, 6) is -0.159. The Morgan fingerprint density at radius 3 is 2.18 bits per heavy atom. The predicted octanol–water partition coefficient (Wildman–Crippen LogP) is 7.19. The van der Waals surface area contributed by atoms with E-state index in [1.54, 1.807) is 0 Å². The number of ether oxygens (including phenoxy) is 1. The molecule has 3 aromatic carbocycles. The van der Waals surface area contributed by atoms with E-state index in [4.69, 9.17) is 4.74 Å². The van der Waals surface area contributed by atoms with Gasteiger partial charge in [-0.25, -0.2) is 0 Å². The average molecular weight is 539 g/mol. The molecule has 4 nitrogen and oxygen atoms in total. The number of alkyl halides is 3. The van der Waals surface area contributed by atoms with E-state index in [9.17, 15) is 18.0 Å². The van der Waals surface area contributed by atoms with Crippen molar-refractivity contribution in [2.75, 3.05) is 44.2 Å². The maximum Gasteiger partial charge on any atom is 0.416 e. The molecule has 208 valence electrons. The Hall–Kier alpha value is -3.32. The molecule has 0 saturated carbocycles. The molecule has 0 aliphatic carbocycles. The molecule has 1 aliphatic heterocycles. The topological polar surface area (TPSA) is 32.8 Å². The summed E-state index contributed by atoms with van der Waals surface area (Å²) in [6.07, 6.45) is -1.93. The number of piperazine rings is 1. The zero-order valence-electron chi connectivity index (χ0n) is 22.7. The highest BCUT2D eigenvalue weighted by molar-refractivity contribution is 5.82. The first kappa shape index (κ1) is 28.7. The molecule has 0 spiro atoms. The highest BCUT2D eigenvalue weighted by Crippen LogP contribution is 2.33. The number of anilines is 1. The molecular formula is C32H37F3N2O2. The molecule has 7 heteroatoms. The normalized spacial score (nSPS) is 16.1. The number of rotatable bonds is 10. The molecule has 1 fully saturated rings. The fourth-order valence-corrected chi connectivity index (χ4v) is 5.14. The summed E-state index contributed by atoms with van der Waals surface area (Å²) in [6, 6.07) is 23.2. The Bertz CT molecular complexity index is 1210. The van der Waals surface area contributed by atoms with Gasteiger partial charge in [0.25, 0.3) is 0 Å². The van der Waals surface area contributed by atoms with Gasteiger partial charge in [0.1, 0.15) is 0 Å². The van der Waals surface area contributed by atoms with Gasteiger partial charge in [0, 0.05) is 31.9 Å². The van der Waals surface area contributed by atoms with Crippen LogP contribution < -0.4 is 4.90 Å². The van der Waals surface area contributed by atoms with Gasteiger partial charge in [-0.05, 0) is 73.7 Å². The van der Waals surface area contributed by atoms with Crippen LogP contribution in [0.1, 0.15) is 44.2 Å². The van der Waals surface area contributed by atoms with Gasteiger partial charge in [-0.1, -0.05) is 61.5 Å². The van der Waals surface area contributed by atoms with E-state index in [2.05, 4.69) is 15.9 Å². The average Bonchev–Trinajstić information content (AvgIpc) is 2.96. The zero-order chi connectivity index (χ0) is 27.9. The molecule has 3 aromatic rings.